The molecule has 7 heteroatoms. The first-order chi connectivity index (χ1) is 8.88. The summed E-state index contributed by atoms with van der Waals surface area (Å²) in [6.45, 7) is 0. The van der Waals surface area contributed by atoms with E-state index in [4.69, 9.17) is 0 Å². The largest absolute Gasteiger partial charge is 0.416 e. The van der Waals surface area contributed by atoms with E-state index < -0.39 is 17.6 Å². The topological polar surface area (TPSA) is 29.1 Å². The molecule has 1 aromatic rings. The number of amides is 1. The second-order valence-electron chi connectivity index (χ2n) is 4.23. The lowest BCUT2D eigenvalue weighted by molar-refractivity contribution is -0.137. The molecule has 1 unspecified atom stereocenters. The average Bonchev–Trinajstić information content (AvgIpc) is 2.80. The summed E-state index contributed by atoms with van der Waals surface area (Å²) >= 11 is 4.84. The summed E-state index contributed by atoms with van der Waals surface area (Å²) < 4.78 is 38.2. The lowest BCUT2D eigenvalue weighted by atomic mass is 10.1. The third-order valence-corrected chi connectivity index (χ3v) is 4.66. The van der Waals surface area contributed by atoms with Crippen LogP contribution in [0.2, 0.25) is 0 Å². The molecule has 0 aromatic heterocycles. The Hall–Kier alpha value is -0.690. The van der Waals surface area contributed by atoms with Crippen LogP contribution < -0.4 is 5.32 Å². The van der Waals surface area contributed by atoms with Crippen LogP contribution in [0, 0.1) is 0 Å². The minimum Gasteiger partial charge on any atom is -0.348 e. The zero-order valence-corrected chi connectivity index (χ0v) is 12.2. The predicted molar refractivity (Wildman–Crippen MR) is 72.3 cm³/mol. The molecule has 0 saturated carbocycles. The van der Waals surface area contributed by atoms with Crippen molar-refractivity contribution in [2.75, 3.05) is 11.5 Å². The molecule has 2 rings (SSSR count). The van der Waals surface area contributed by atoms with Crippen molar-refractivity contribution in [3.05, 3.63) is 33.8 Å². The summed E-state index contributed by atoms with van der Waals surface area (Å²) in [6, 6.07) is 3.12. The van der Waals surface area contributed by atoms with Gasteiger partial charge >= 0.3 is 6.18 Å². The zero-order valence-electron chi connectivity index (χ0n) is 9.76. The summed E-state index contributed by atoms with van der Waals surface area (Å²) in [7, 11) is 0. The highest BCUT2D eigenvalue weighted by Gasteiger charge is 2.32. The number of hydrogen-bond acceptors (Lipinski definition) is 2. The van der Waals surface area contributed by atoms with E-state index in [1.165, 1.54) is 6.07 Å². The molecule has 0 radical (unpaired) electrons. The number of nitrogens with one attached hydrogen (secondary N) is 1. The van der Waals surface area contributed by atoms with Gasteiger partial charge in [0.2, 0.25) is 0 Å². The molecule has 1 aromatic carbocycles. The van der Waals surface area contributed by atoms with E-state index in [1.807, 2.05) is 0 Å². The molecule has 1 amide bonds. The van der Waals surface area contributed by atoms with Gasteiger partial charge in [-0.15, -0.1) is 0 Å². The number of rotatable bonds is 2. The summed E-state index contributed by atoms with van der Waals surface area (Å²) in [5.41, 5.74) is -0.798. The highest BCUT2D eigenvalue weighted by atomic mass is 79.9. The van der Waals surface area contributed by atoms with Crippen LogP contribution in [0.15, 0.2) is 22.7 Å². The fourth-order valence-corrected chi connectivity index (χ4v) is 3.37. The number of carbonyl (C=O) groups excluding carboxylic acids is 1. The first kappa shape index (κ1) is 14.7. The van der Waals surface area contributed by atoms with Crippen LogP contribution in [0.25, 0.3) is 0 Å². The summed E-state index contributed by atoms with van der Waals surface area (Å²) in [4.78, 5) is 12.0. The van der Waals surface area contributed by atoms with Crippen molar-refractivity contribution in [1.82, 2.24) is 5.32 Å². The maximum absolute atomic E-state index is 12.6. The standard InChI is InChI=1S/C12H11BrF3NOS/c13-10-2-1-7(12(14,15)16)5-9(10)11(18)17-8-3-4-19-6-8/h1-2,5,8H,3-4,6H2,(H,17,18). The number of carbonyl (C=O) groups is 1. The Bertz CT molecular complexity index is 486. The maximum Gasteiger partial charge on any atom is 0.416 e. The molecule has 1 heterocycles. The highest BCUT2D eigenvalue weighted by molar-refractivity contribution is 9.10. The molecule has 104 valence electrons. The van der Waals surface area contributed by atoms with E-state index >= 15 is 0 Å². The molecular weight excluding hydrogens is 343 g/mol. The minimum atomic E-state index is -4.45. The molecule has 19 heavy (non-hydrogen) atoms. The fraction of sp³-hybridized carbons (Fsp3) is 0.417. The first-order valence-corrected chi connectivity index (χ1v) is 7.58. The number of halogens is 4. The van der Waals surface area contributed by atoms with Gasteiger partial charge in [0, 0.05) is 16.3 Å². The number of hydrogen-bond donors (Lipinski definition) is 1. The highest BCUT2D eigenvalue weighted by Crippen LogP contribution is 2.32. The van der Waals surface area contributed by atoms with Crippen molar-refractivity contribution in [1.29, 1.82) is 0 Å². The van der Waals surface area contributed by atoms with E-state index in [2.05, 4.69) is 21.2 Å². The Labute approximate surface area is 121 Å². The molecule has 0 spiro atoms. The molecule has 2 nitrogen and oxygen atoms in total. The van der Waals surface area contributed by atoms with E-state index in [0.717, 1.165) is 30.1 Å². The second kappa shape index (κ2) is 5.75. The molecule has 0 bridgehead atoms. The van der Waals surface area contributed by atoms with Crippen LogP contribution in [-0.4, -0.2) is 23.5 Å². The summed E-state index contributed by atoms with van der Waals surface area (Å²) in [5, 5.41) is 2.76. The van der Waals surface area contributed by atoms with Gasteiger partial charge in [0.05, 0.1) is 11.1 Å². The zero-order chi connectivity index (χ0) is 14.0. The number of alkyl halides is 3. The van der Waals surface area contributed by atoms with E-state index in [-0.39, 0.29) is 11.6 Å². The van der Waals surface area contributed by atoms with Gasteiger partial charge in [0.1, 0.15) is 0 Å². The monoisotopic (exact) mass is 353 g/mol. The minimum absolute atomic E-state index is 0.0201. The summed E-state index contributed by atoms with van der Waals surface area (Å²) in [5.74, 6) is 1.31. The number of thioether (sulfide) groups is 1. The van der Waals surface area contributed by atoms with Crippen molar-refractivity contribution < 1.29 is 18.0 Å². The van der Waals surface area contributed by atoms with E-state index in [1.54, 1.807) is 11.8 Å². The Balaban J connectivity index is 2.20. The van der Waals surface area contributed by atoms with Gasteiger partial charge < -0.3 is 5.32 Å². The molecule has 1 atom stereocenters. The van der Waals surface area contributed by atoms with Gasteiger partial charge in [-0.1, -0.05) is 0 Å². The Morgan fingerprint density at radius 3 is 2.74 bits per heavy atom. The van der Waals surface area contributed by atoms with Crippen molar-refractivity contribution >= 4 is 33.6 Å². The fourth-order valence-electron chi connectivity index (χ4n) is 1.79. The van der Waals surface area contributed by atoms with Gasteiger partial charge in [0.15, 0.2) is 0 Å². The molecular formula is C12H11BrF3NOS. The molecule has 0 aliphatic carbocycles. The van der Waals surface area contributed by atoms with Gasteiger partial charge in [-0.05, 0) is 46.3 Å². The van der Waals surface area contributed by atoms with Crippen LogP contribution in [0.3, 0.4) is 0 Å². The van der Waals surface area contributed by atoms with Crippen LogP contribution in [0.1, 0.15) is 22.3 Å². The molecule has 1 fully saturated rings. The quantitative estimate of drug-likeness (QED) is 0.878. The maximum atomic E-state index is 12.6. The smallest absolute Gasteiger partial charge is 0.348 e. The Morgan fingerprint density at radius 1 is 1.42 bits per heavy atom. The van der Waals surface area contributed by atoms with Crippen LogP contribution >= 0.6 is 27.7 Å². The summed E-state index contributed by atoms with van der Waals surface area (Å²) in [6.07, 6.45) is -3.59. The van der Waals surface area contributed by atoms with Crippen molar-refractivity contribution in [2.24, 2.45) is 0 Å². The molecule has 1 aliphatic heterocycles. The van der Waals surface area contributed by atoms with Crippen LogP contribution in [-0.2, 0) is 6.18 Å². The van der Waals surface area contributed by atoms with Crippen LogP contribution in [0.4, 0.5) is 13.2 Å². The van der Waals surface area contributed by atoms with E-state index in [0.29, 0.717) is 4.47 Å². The van der Waals surface area contributed by atoms with Crippen molar-refractivity contribution in [3.8, 4) is 0 Å². The Kier molecular flexibility index (Phi) is 4.45. The third kappa shape index (κ3) is 3.66. The van der Waals surface area contributed by atoms with Crippen molar-refractivity contribution in [3.63, 3.8) is 0 Å². The second-order valence-corrected chi connectivity index (χ2v) is 6.23. The lowest BCUT2D eigenvalue weighted by Gasteiger charge is -2.14. The molecule has 1 N–H and O–H groups in total. The molecule has 1 saturated heterocycles. The van der Waals surface area contributed by atoms with Crippen LogP contribution in [0.5, 0.6) is 0 Å². The third-order valence-electron chi connectivity index (χ3n) is 2.80. The average molecular weight is 354 g/mol. The predicted octanol–water partition coefficient (Wildman–Crippen LogP) is 3.70. The number of benzene rings is 1. The van der Waals surface area contributed by atoms with Gasteiger partial charge in [0.25, 0.3) is 5.91 Å². The Morgan fingerprint density at radius 2 is 2.16 bits per heavy atom. The van der Waals surface area contributed by atoms with Gasteiger partial charge in [-0.2, -0.15) is 24.9 Å². The van der Waals surface area contributed by atoms with Crippen molar-refractivity contribution in [2.45, 2.75) is 18.6 Å². The lowest BCUT2D eigenvalue weighted by Crippen LogP contribution is -2.34. The SMILES string of the molecule is O=C(NC1CCSC1)c1cc(C(F)(F)F)ccc1Br. The van der Waals surface area contributed by atoms with E-state index in [9.17, 15) is 18.0 Å². The normalized spacial score (nSPS) is 19.5. The van der Waals surface area contributed by atoms with Gasteiger partial charge in [-0.3, -0.25) is 4.79 Å². The van der Waals surface area contributed by atoms with Gasteiger partial charge in [-0.25, -0.2) is 0 Å². The molecule has 1 aliphatic rings. The first-order valence-electron chi connectivity index (χ1n) is 5.63.